The number of allylic oxidation sites excluding steroid dienone is 1. The number of hydrogen-bond acceptors (Lipinski definition) is 7. The number of carbonyl (C=O) groups excluding carboxylic acids is 2. The highest BCUT2D eigenvalue weighted by Gasteiger charge is 2.45. The van der Waals surface area contributed by atoms with Crippen LogP contribution in [0, 0.1) is 0 Å². The van der Waals surface area contributed by atoms with Crippen molar-refractivity contribution >= 4 is 18.0 Å². The molecule has 3 rings (SSSR count). The van der Waals surface area contributed by atoms with Crippen LogP contribution >= 0.6 is 0 Å². The van der Waals surface area contributed by atoms with Crippen molar-refractivity contribution < 1.29 is 33.2 Å². The molecule has 1 atom stereocenters. The van der Waals surface area contributed by atoms with Crippen LogP contribution < -0.4 is 14.6 Å². The molecule has 0 amide bonds. The zero-order valence-electron chi connectivity index (χ0n) is 15.5. The lowest BCUT2D eigenvalue weighted by atomic mass is 9.95. The molecule has 1 unspecified atom stereocenters. The molecule has 142 valence electrons. The van der Waals surface area contributed by atoms with Crippen LogP contribution in [0.15, 0.2) is 46.0 Å². The number of carbonyl (C=O) groups is 2. The molecule has 0 saturated carbocycles. The molecule has 1 aromatic carbocycles. The predicted molar refractivity (Wildman–Crippen MR) is 92.0 cm³/mol. The second kappa shape index (κ2) is 7.14. The zero-order valence-corrected chi connectivity index (χ0v) is 15.5. The Hall–Kier alpha value is -3.29. The van der Waals surface area contributed by atoms with E-state index in [0.29, 0.717) is 16.8 Å². The summed E-state index contributed by atoms with van der Waals surface area (Å²) < 4.78 is 16.7. The number of esters is 2. The lowest BCUT2D eigenvalue weighted by molar-refractivity contribution is -0.733. The third kappa shape index (κ3) is 2.92. The van der Waals surface area contributed by atoms with Crippen LogP contribution in [-0.4, -0.2) is 32.7 Å². The molecule has 0 spiro atoms. The quantitative estimate of drug-likeness (QED) is 0.590. The summed E-state index contributed by atoms with van der Waals surface area (Å²) in [7, 11) is 2.81. The number of nitrogens with zero attached hydrogens (tertiary/aromatic N) is 2. The molecule has 0 aliphatic carbocycles. The summed E-state index contributed by atoms with van der Waals surface area (Å²) in [6, 6.07) is 8.38. The SMILES string of the molecule is CCOC(=O)C1=C(C)N(C)c2oc(C(=O)OC)c([O-])[n+]2C1c1ccccc1. The minimum atomic E-state index is -0.877. The Balaban J connectivity index is 2.29. The fraction of sp³-hybridized carbons (Fsp3) is 0.316. The molecule has 0 N–H and O–H groups in total. The van der Waals surface area contributed by atoms with Crippen molar-refractivity contribution in [2.45, 2.75) is 19.9 Å². The Kier molecular flexibility index (Phi) is 4.89. The number of rotatable bonds is 4. The van der Waals surface area contributed by atoms with Gasteiger partial charge in [0.1, 0.15) is 17.2 Å². The van der Waals surface area contributed by atoms with Gasteiger partial charge < -0.3 is 19.0 Å². The van der Waals surface area contributed by atoms with Crippen molar-refractivity contribution in [3.05, 3.63) is 52.9 Å². The minimum Gasteiger partial charge on any atom is -0.839 e. The van der Waals surface area contributed by atoms with E-state index in [1.165, 1.54) is 11.7 Å². The summed E-state index contributed by atoms with van der Waals surface area (Å²) >= 11 is 0. The summed E-state index contributed by atoms with van der Waals surface area (Å²) in [5, 5.41) is 12.9. The third-order valence-electron chi connectivity index (χ3n) is 4.51. The Labute approximate surface area is 156 Å². The van der Waals surface area contributed by atoms with Crippen molar-refractivity contribution in [2.24, 2.45) is 0 Å². The largest absolute Gasteiger partial charge is 0.839 e. The monoisotopic (exact) mass is 372 g/mol. The number of ether oxygens (including phenoxy) is 2. The summed E-state index contributed by atoms with van der Waals surface area (Å²) in [5.74, 6) is -2.53. The van der Waals surface area contributed by atoms with Crippen molar-refractivity contribution in [2.75, 3.05) is 25.7 Å². The maximum Gasteiger partial charge on any atom is 0.462 e. The van der Waals surface area contributed by atoms with Crippen LogP contribution in [0.5, 0.6) is 5.88 Å². The smallest absolute Gasteiger partial charge is 0.462 e. The average Bonchev–Trinajstić information content (AvgIpc) is 3.02. The van der Waals surface area contributed by atoms with E-state index in [2.05, 4.69) is 4.74 Å². The molecule has 0 fully saturated rings. The van der Waals surface area contributed by atoms with Crippen LogP contribution in [0.3, 0.4) is 0 Å². The van der Waals surface area contributed by atoms with Gasteiger partial charge in [-0.25, -0.2) is 14.5 Å². The summed E-state index contributed by atoms with van der Waals surface area (Å²) in [6.07, 6.45) is 0. The highest BCUT2D eigenvalue weighted by molar-refractivity contribution is 5.92. The fourth-order valence-corrected chi connectivity index (χ4v) is 3.13. The standard InChI is InChI=1S/C19H20N2O6/c1-5-26-17(23)13-11(2)20(3)19-21(14(13)12-9-7-6-8-10-12)16(22)15(27-19)18(24)25-4/h6-10,14H,5H2,1-4H3. The van der Waals surface area contributed by atoms with Gasteiger partial charge in [-0.05, 0) is 13.8 Å². The molecular weight excluding hydrogens is 352 g/mol. The minimum absolute atomic E-state index is 0.139. The summed E-state index contributed by atoms with van der Waals surface area (Å²) in [5.41, 5.74) is 1.55. The molecule has 1 aromatic heterocycles. The van der Waals surface area contributed by atoms with Crippen LogP contribution in [0.4, 0.5) is 6.01 Å². The fourth-order valence-electron chi connectivity index (χ4n) is 3.13. The number of benzene rings is 1. The summed E-state index contributed by atoms with van der Waals surface area (Å²) in [4.78, 5) is 26.2. The van der Waals surface area contributed by atoms with Gasteiger partial charge in [-0.3, -0.25) is 0 Å². The predicted octanol–water partition coefficient (Wildman–Crippen LogP) is 1.30. The topological polar surface area (TPSA) is 95.9 Å². The van der Waals surface area contributed by atoms with Gasteiger partial charge in [0.25, 0.3) is 5.76 Å². The van der Waals surface area contributed by atoms with Crippen molar-refractivity contribution in [1.82, 2.24) is 0 Å². The van der Waals surface area contributed by atoms with E-state index < -0.39 is 29.6 Å². The Morgan fingerprint density at radius 3 is 2.52 bits per heavy atom. The van der Waals surface area contributed by atoms with E-state index in [-0.39, 0.29) is 12.6 Å². The maximum absolute atomic E-state index is 12.9. The Morgan fingerprint density at radius 1 is 1.26 bits per heavy atom. The highest BCUT2D eigenvalue weighted by Crippen LogP contribution is 2.37. The third-order valence-corrected chi connectivity index (χ3v) is 4.51. The maximum atomic E-state index is 12.9. The number of aromatic nitrogens is 1. The first kappa shape index (κ1) is 18.5. The van der Waals surface area contributed by atoms with Crippen LogP contribution in [0.2, 0.25) is 0 Å². The highest BCUT2D eigenvalue weighted by atomic mass is 16.5. The van der Waals surface area contributed by atoms with Crippen molar-refractivity contribution in [3.8, 4) is 5.88 Å². The molecule has 0 saturated heterocycles. The second-order valence-electron chi connectivity index (χ2n) is 5.97. The second-order valence-corrected chi connectivity index (χ2v) is 5.97. The van der Waals surface area contributed by atoms with Gasteiger partial charge in [-0.15, -0.1) is 0 Å². The Bertz CT molecular complexity index is 916. The first-order valence-electron chi connectivity index (χ1n) is 8.42. The lowest BCUT2D eigenvalue weighted by Gasteiger charge is -2.27. The molecule has 8 heteroatoms. The van der Waals surface area contributed by atoms with Gasteiger partial charge >= 0.3 is 18.0 Å². The van der Waals surface area contributed by atoms with E-state index in [0.717, 1.165) is 0 Å². The van der Waals surface area contributed by atoms with Crippen molar-refractivity contribution in [3.63, 3.8) is 0 Å². The first-order chi connectivity index (χ1) is 12.9. The van der Waals surface area contributed by atoms with Crippen LogP contribution in [0.25, 0.3) is 0 Å². The molecule has 1 aliphatic rings. The van der Waals surface area contributed by atoms with Gasteiger partial charge in [0.05, 0.1) is 20.8 Å². The van der Waals surface area contributed by atoms with E-state index in [9.17, 15) is 14.7 Å². The molecule has 2 aromatic rings. The van der Waals surface area contributed by atoms with Gasteiger partial charge in [-0.1, -0.05) is 30.3 Å². The Morgan fingerprint density at radius 2 is 1.93 bits per heavy atom. The molecule has 8 nitrogen and oxygen atoms in total. The molecule has 0 bridgehead atoms. The lowest BCUT2D eigenvalue weighted by Crippen LogP contribution is -2.51. The summed E-state index contributed by atoms with van der Waals surface area (Å²) in [6.45, 7) is 3.64. The van der Waals surface area contributed by atoms with E-state index in [1.54, 1.807) is 50.1 Å². The molecular formula is C19H20N2O6. The average molecular weight is 372 g/mol. The van der Waals surface area contributed by atoms with Crippen LogP contribution in [-0.2, 0) is 14.3 Å². The number of hydrogen-bond donors (Lipinski definition) is 0. The van der Waals surface area contributed by atoms with Crippen molar-refractivity contribution in [1.29, 1.82) is 0 Å². The molecule has 27 heavy (non-hydrogen) atoms. The van der Waals surface area contributed by atoms with E-state index in [1.807, 2.05) is 6.07 Å². The van der Waals surface area contributed by atoms with Crippen LogP contribution in [0.1, 0.15) is 36.0 Å². The number of methoxy groups -OCH3 is 1. The van der Waals surface area contributed by atoms with Gasteiger partial charge in [0.15, 0.2) is 6.04 Å². The van der Waals surface area contributed by atoms with E-state index in [4.69, 9.17) is 9.15 Å². The zero-order chi connectivity index (χ0) is 19.7. The van der Waals surface area contributed by atoms with E-state index >= 15 is 0 Å². The first-order valence-corrected chi connectivity index (χ1v) is 8.42. The normalized spacial score (nSPS) is 16.1. The molecule has 0 radical (unpaired) electrons. The van der Waals surface area contributed by atoms with Gasteiger partial charge in [0.2, 0.25) is 0 Å². The number of anilines is 1. The molecule has 2 heterocycles. The van der Waals surface area contributed by atoms with Gasteiger partial charge in [-0.2, -0.15) is 4.57 Å². The van der Waals surface area contributed by atoms with Gasteiger partial charge in [0, 0.05) is 5.56 Å². The number of oxazole rings is 1. The molecule has 1 aliphatic heterocycles. The number of fused-ring (bicyclic) bond motifs is 1.